The number of hydrogen-bond donors (Lipinski definition) is 1. The zero-order valence-electron chi connectivity index (χ0n) is 18.0. The summed E-state index contributed by atoms with van der Waals surface area (Å²) < 4.78 is 22.0. The number of carbonyl (C=O) groups excluding carboxylic acids is 1. The molecule has 0 aliphatic carbocycles. The smallest absolute Gasteiger partial charge is 0.291 e. The predicted octanol–water partition coefficient (Wildman–Crippen LogP) is 5.22. The monoisotopic (exact) mass is 461 g/mol. The lowest BCUT2D eigenvalue weighted by atomic mass is 10.2. The van der Waals surface area contributed by atoms with Crippen LogP contribution in [0.5, 0.6) is 23.0 Å². The highest BCUT2D eigenvalue weighted by atomic mass is 16.6. The van der Waals surface area contributed by atoms with Crippen molar-refractivity contribution in [1.29, 1.82) is 0 Å². The van der Waals surface area contributed by atoms with E-state index >= 15 is 0 Å². The molecule has 0 spiro atoms. The third-order valence-corrected chi connectivity index (χ3v) is 4.54. The van der Waals surface area contributed by atoms with E-state index in [1.54, 1.807) is 55.8 Å². The first kappa shape index (κ1) is 22.3. The third kappa shape index (κ3) is 5.68. The van der Waals surface area contributed by atoms with Crippen molar-refractivity contribution in [1.82, 2.24) is 4.98 Å². The van der Waals surface area contributed by atoms with Crippen molar-refractivity contribution in [3.05, 3.63) is 101 Å². The standard InChI is InChI=1S/C24H19N3O7/c1-31-18-4-2-5-19(13-18)32-15-21-7-8-23(34-21)24(28)26-16-10-17(27(29)30)12-22(11-16)33-20-6-3-9-25-14-20/h2-14H,15H2,1H3,(H,26,28). The van der Waals surface area contributed by atoms with Crippen molar-refractivity contribution >= 4 is 17.3 Å². The third-order valence-electron chi connectivity index (χ3n) is 4.54. The van der Waals surface area contributed by atoms with Gasteiger partial charge in [0, 0.05) is 24.4 Å². The molecule has 2 heterocycles. The van der Waals surface area contributed by atoms with Crippen LogP contribution in [0, 0.1) is 10.1 Å². The van der Waals surface area contributed by atoms with E-state index in [0.717, 1.165) is 0 Å². The van der Waals surface area contributed by atoms with Crippen molar-refractivity contribution in [2.45, 2.75) is 6.61 Å². The second-order valence-electron chi connectivity index (χ2n) is 6.95. The number of nitrogens with one attached hydrogen (secondary N) is 1. The molecule has 172 valence electrons. The lowest BCUT2D eigenvalue weighted by molar-refractivity contribution is -0.384. The van der Waals surface area contributed by atoms with Gasteiger partial charge >= 0.3 is 0 Å². The molecule has 0 radical (unpaired) electrons. The summed E-state index contributed by atoms with van der Waals surface area (Å²) in [6.45, 7) is 0.0976. The number of anilines is 1. The van der Waals surface area contributed by atoms with Gasteiger partial charge in [0.2, 0.25) is 0 Å². The van der Waals surface area contributed by atoms with Crippen LogP contribution in [0.1, 0.15) is 16.3 Å². The first-order valence-corrected chi connectivity index (χ1v) is 10.0. The van der Waals surface area contributed by atoms with Gasteiger partial charge in [-0.25, -0.2) is 0 Å². The Morgan fingerprint density at radius 2 is 1.85 bits per heavy atom. The molecular weight excluding hydrogens is 442 g/mol. The molecule has 10 nitrogen and oxygen atoms in total. The Kier molecular flexibility index (Phi) is 6.68. The summed E-state index contributed by atoms with van der Waals surface area (Å²) in [6, 6.07) is 17.5. The second kappa shape index (κ2) is 10.2. The number of furan rings is 1. The molecule has 0 aliphatic heterocycles. The number of nitrogens with zero attached hydrogens (tertiary/aromatic N) is 2. The number of nitro benzene ring substituents is 1. The normalized spacial score (nSPS) is 10.4. The largest absolute Gasteiger partial charge is 0.497 e. The van der Waals surface area contributed by atoms with Crippen LogP contribution in [-0.2, 0) is 6.61 Å². The zero-order chi connectivity index (χ0) is 23.9. The number of pyridine rings is 1. The molecule has 10 heteroatoms. The van der Waals surface area contributed by atoms with E-state index in [0.29, 0.717) is 23.0 Å². The molecular formula is C24H19N3O7. The number of aromatic nitrogens is 1. The summed E-state index contributed by atoms with van der Waals surface area (Å²) in [4.78, 5) is 27.3. The van der Waals surface area contributed by atoms with Crippen LogP contribution < -0.4 is 19.5 Å². The van der Waals surface area contributed by atoms with Crippen molar-refractivity contribution in [3.8, 4) is 23.0 Å². The summed E-state index contributed by atoms with van der Waals surface area (Å²) in [5, 5.41) is 13.9. The molecule has 0 saturated carbocycles. The average molecular weight is 461 g/mol. The van der Waals surface area contributed by atoms with Crippen molar-refractivity contribution in [2.75, 3.05) is 12.4 Å². The number of ether oxygens (including phenoxy) is 3. The Balaban J connectivity index is 1.44. The van der Waals surface area contributed by atoms with E-state index in [4.69, 9.17) is 18.6 Å². The van der Waals surface area contributed by atoms with Crippen molar-refractivity contribution in [3.63, 3.8) is 0 Å². The highest BCUT2D eigenvalue weighted by molar-refractivity contribution is 6.02. The Morgan fingerprint density at radius 3 is 2.62 bits per heavy atom. The van der Waals surface area contributed by atoms with Gasteiger partial charge in [0.25, 0.3) is 11.6 Å². The van der Waals surface area contributed by atoms with Crippen molar-refractivity contribution in [2.24, 2.45) is 0 Å². The van der Waals surface area contributed by atoms with Gasteiger partial charge in [-0.15, -0.1) is 0 Å². The summed E-state index contributed by atoms with van der Waals surface area (Å²) in [5.74, 6) is 1.66. The Bertz CT molecular complexity index is 1300. The molecule has 0 unspecified atom stereocenters. The Hall–Kier alpha value is -4.86. The molecule has 0 saturated heterocycles. The molecule has 1 N–H and O–H groups in total. The van der Waals surface area contributed by atoms with Crippen LogP contribution in [0.3, 0.4) is 0 Å². The molecule has 34 heavy (non-hydrogen) atoms. The minimum absolute atomic E-state index is 0.0190. The zero-order valence-corrected chi connectivity index (χ0v) is 18.0. The van der Waals surface area contributed by atoms with E-state index in [1.807, 2.05) is 0 Å². The number of benzene rings is 2. The number of hydrogen-bond acceptors (Lipinski definition) is 8. The van der Waals surface area contributed by atoms with Gasteiger partial charge in [-0.1, -0.05) is 6.07 Å². The maximum atomic E-state index is 12.7. The van der Waals surface area contributed by atoms with Crippen molar-refractivity contribution < 1.29 is 28.3 Å². The van der Waals surface area contributed by atoms with E-state index < -0.39 is 10.8 Å². The lowest BCUT2D eigenvalue weighted by Crippen LogP contribution is -2.11. The maximum absolute atomic E-state index is 12.7. The quantitative estimate of drug-likeness (QED) is 0.266. The lowest BCUT2D eigenvalue weighted by Gasteiger charge is -2.09. The van der Waals surface area contributed by atoms with Gasteiger partial charge in [0.05, 0.1) is 30.0 Å². The molecule has 4 aromatic rings. The maximum Gasteiger partial charge on any atom is 0.291 e. The Labute approximate surface area is 193 Å². The SMILES string of the molecule is COc1cccc(OCc2ccc(C(=O)Nc3cc(Oc4cccnc4)cc([N+](=O)[O-])c3)o2)c1. The first-order chi connectivity index (χ1) is 16.5. The fourth-order valence-electron chi connectivity index (χ4n) is 2.98. The average Bonchev–Trinajstić information content (AvgIpc) is 3.33. The van der Waals surface area contributed by atoms with Crippen LogP contribution >= 0.6 is 0 Å². The fourth-order valence-corrected chi connectivity index (χ4v) is 2.98. The van der Waals surface area contributed by atoms with E-state index in [2.05, 4.69) is 10.3 Å². The minimum Gasteiger partial charge on any atom is -0.497 e. The van der Waals surface area contributed by atoms with Gasteiger partial charge in [-0.05, 0) is 36.4 Å². The predicted molar refractivity (Wildman–Crippen MR) is 121 cm³/mol. The van der Waals surface area contributed by atoms with Gasteiger partial charge in [-0.3, -0.25) is 19.9 Å². The number of carbonyl (C=O) groups is 1. The number of rotatable bonds is 9. The molecule has 2 aromatic carbocycles. The molecule has 4 rings (SSSR count). The van der Waals surface area contributed by atoms with Crippen LogP contribution in [0.25, 0.3) is 0 Å². The summed E-state index contributed by atoms with van der Waals surface area (Å²) in [7, 11) is 1.56. The molecule has 1 amide bonds. The van der Waals surface area contributed by atoms with Crippen LogP contribution in [0.15, 0.2) is 83.5 Å². The fraction of sp³-hybridized carbons (Fsp3) is 0.0833. The Morgan fingerprint density at radius 1 is 1.03 bits per heavy atom. The first-order valence-electron chi connectivity index (χ1n) is 10.0. The summed E-state index contributed by atoms with van der Waals surface area (Å²) >= 11 is 0. The molecule has 0 atom stereocenters. The van der Waals surface area contributed by atoms with Crippen LogP contribution in [0.2, 0.25) is 0 Å². The van der Waals surface area contributed by atoms with Crippen LogP contribution in [0.4, 0.5) is 11.4 Å². The highest BCUT2D eigenvalue weighted by Crippen LogP contribution is 2.30. The second-order valence-corrected chi connectivity index (χ2v) is 6.95. The van der Waals surface area contributed by atoms with Gasteiger partial charge < -0.3 is 23.9 Å². The molecule has 0 bridgehead atoms. The number of methoxy groups -OCH3 is 1. The minimum atomic E-state index is -0.583. The molecule has 0 fully saturated rings. The van der Waals surface area contributed by atoms with Gasteiger partial charge in [-0.2, -0.15) is 0 Å². The van der Waals surface area contributed by atoms with E-state index in [-0.39, 0.29) is 29.5 Å². The number of amides is 1. The van der Waals surface area contributed by atoms with E-state index in [1.165, 1.54) is 30.5 Å². The van der Waals surface area contributed by atoms with Gasteiger partial charge in [0.1, 0.15) is 35.4 Å². The number of nitro groups is 1. The molecule has 0 aliphatic rings. The topological polar surface area (TPSA) is 126 Å². The van der Waals surface area contributed by atoms with Gasteiger partial charge in [0.15, 0.2) is 5.76 Å². The molecule has 2 aromatic heterocycles. The summed E-state index contributed by atoms with van der Waals surface area (Å²) in [5.41, 5.74) is -0.0767. The van der Waals surface area contributed by atoms with Crippen LogP contribution in [-0.4, -0.2) is 22.9 Å². The summed E-state index contributed by atoms with van der Waals surface area (Å²) in [6.07, 6.45) is 3.04. The number of non-ortho nitro benzene ring substituents is 1. The van der Waals surface area contributed by atoms with E-state index in [9.17, 15) is 14.9 Å². The highest BCUT2D eigenvalue weighted by Gasteiger charge is 2.16.